The first-order valence-electron chi connectivity index (χ1n) is 7.19. The molecular weight excluding hydrogens is 232 g/mol. The highest BCUT2D eigenvalue weighted by atomic mass is 28.3. The van der Waals surface area contributed by atoms with Crippen LogP contribution in [-0.4, -0.2) is 8.07 Å². The van der Waals surface area contributed by atoms with E-state index in [2.05, 4.69) is 56.3 Å². The molecule has 1 heterocycles. The van der Waals surface area contributed by atoms with E-state index in [1.165, 1.54) is 24.9 Å². The topological polar surface area (TPSA) is 0 Å². The van der Waals surface area contributed by atoms with Gasteiger partial charge in [0.25, 0.3) is 0 Å². The molecule has 1 aromatic rings. The summed E-state index contributed by atoms with van der Waals surface area (Å²) in [6, 6.07) is 14.3. The second-order valence-electron chi connectivity index (χ2n) is 5.94. The summed E-state index contributed by atoms with van der Waals surface area (Å²) in [6.07, 6.45) is 7.87. The van der Waals surface area contributed by atoms with Crippen LogP contribution in [-0.2, 0) is 0 Å². The van der Waals surface area contributed by atoms with E-state index in [1.54, 1.807) is 16.0 Å². The minimum absolute atomic E-state index is 0.647. The van der Waals surface area contributed by atoms with E-state index in [0.29, 0.717) is 5.92 Å². The second kappa shape index (κ2) is 4.54. The van der Waals surface area contributed by atoms with Crippen LogP contribution in [0, 0.1) is 5.92 Å². The minimum Gasteiger partial charge on any atom is -0.0779 e. The zero-order chi connectivity index (χ0) is 12.6. The molecule has 3 rings (SSSR count). The lowest BCUT2D eigenvalue weighted by Crippen LogP contribution is -2.47. The standard InChI is InChI=1S/C17H22Si/c1-14-12-15(2)17(13-14)18(10-6-7-11-18)16-8-4-3-5-9-16/h3-5,8-9,12-14H,6-7,10-11H2,1-2H3. The van der Waals surface area contributed by atoms with Gasteiger partial charge in [-0.25, -0.2) is 0 Å². The van der Waals surface area contributed by atoms with E-state index in [1.807, 2.05) is 0 Å². The summed E-state index contributed by atoms with van der Waals surface area (Å²) in [6.45, 7) is 4.64. The van der Waals surface area contributed by atoms with Crippen molar-refractivity contribution < 1.29 is 0 Å². The van der Waals surface area contributed by atoms with Gasteiger partial charge in [-0.3, -0.25) is 0 Å². The maximum atomic E-state index is 2.56. The largest absolute Gasteiger partial charge is 0.118 e. The highest BCUT2D eigenvalue weighted by Crippen LogP contribution is 2.41. The lowest BCUT2D eigenvalue weighted by Gasteiger charge is -2.30. The van der Waals surface area contributed by atoms with E-state index < -0.39 is 8.07 Å². The molecule has 0 amide bonds. The molecule has 18 heavy (non-hydrogen) atoms. The Morgan fingerprint density at radius 3 is 2.22 bits per heavy atom. The van der Waals surface area contributed by atoms with Crippen molar-refractivity contribution >= 4 is 13.3 Å². The summed E-state index contributed by atoms with van der Waals surface area (Å²) in [5, 5.41) is 3.41. The molecule has 1 aliphatic carbocycles. The van der Waals surface area contributed by atoms with Crippen molar-refractivity contribution in [3.05, 3.63) is 53.3 Å². The number of hydrogen-bond donors (Lipinski definition) is 0. The van der Waals surface area contributed by atoms with E-state index >= 15 is 0 Å². The van der Waals surface area contributed by atoms with Gasteiger partial charge in [0.15, 0.2) is 0 Å². The first-order chi connectivity index (χ1) is 8.72. The van der Waals surface area contributed by atoms with Gasteiger partial charge < -0.3 is 0 Å². The molecule has 1 unspecified atom stereocenters. The van der Waals surface area contributed by atoms with Crippen LogP contribution < -0.4 is 5.19 Å². The molecule has 0 bridgehead atoms. The van der Waals surface area contributed by atoms with Crippen LogP contribution in [0.5, 0.6) is 0 Å². The number of hydrogen-bond acceptors (Lipinski definition) is 0. The van der Waals surface area contributed by atoms with Gasteiger partial charge >= 0.3 is 0 Å². The summed E-state index contributed by atoms with van der Waals surface area (Å²) >= 11 is 0. The molecule has 1 heteroatoms. The molecule has 0 aromatic heterocycles. The van der Waals surface area contributed by atoms with E-state index in [9.17, 15) is 0 Å². The Balaban J connectivity index is 2.09. The summed E-state index contributed by atoms with van der Waals surface area (Å²) in [4.78, 5) is 0. The normalized spacial score (nSPS) is 26.0. The molecule has 0 radical (unpaired) electrons. The molecule has 94 valence electrons. The highest BCUT2D eigenvalue weighted by molar-refractivity contribution is 6.98. The van der Waals surface area contributed by atoms with Crippen molar-refractivity contribution in [2.45, 2.75) is 38.8 Å². The fourth-order valence-corrected chi connectivity index (χ4v) is 9.55. The van der Waals surface area contributed by atoms with Gasteiger partial charge in [-0.05, 0) is 24.9 Å². The van der Waals surface area contributed by atoms with Crippen molar-refractivity contribution in [3.8, 4) is 0 Å². The first-order valence-corrected chi connectivity index (χ1v) is 9.60. The molecule has 1 atom stereocenters. The molecule has 0 spiro atoms. The third-order valence-electron chi connectivity index (χ3n) is 4.67. The minimum atomic E-state index is -1.39. The fourth-order valence-electron chi connectivity index (χ4n) is 3.91. The van der Waals surface area contributed by atoms with Gasteiger partial charge in [-0.1, -0.05) is 78.2 Å². The summed E-state index contributed by atoms with van der Waals surface area (Å²) in [5.41, 5.74) is 1.57. The van der Waals surface area contributed by atoms with Crippen molar-refractivity contribution in [2.24, 2.45) is 5.92 Å². The highest BCUT2D eigenvalue weighted by Gasteiger charge is 2.42. The molecule has 0 N–H and O–H groups in total. The fraction of sp³-hybridized carbons (Fsp3) is 0.412. The lowest BCUT2D eigenvalue weighted by atomic mass is 10.2. The quantitative estimate of drug-likeness (QED) is 0.694. The Labute approximate surface area is 111 Å². The van der Waals surface area contributed by atoms with E-state index in [0.717, 1.165) is 0 Å². The Morgan fingerprint density at radius 2 is 1.67 bits per heavy atom. The molecule has 1 aliphatic heterocycles. The van der Waals surface area contributed by atoms with Crippen LogP contribution in [0.2, 0.25) is 12.1 Å². The first kappa shape index (κ1) is 12.0. The van der Waals surface area contributed by atoms with Gasteiger partial charge in [0.2, 0.25) is 0 Å². The van der Waals surface area contributed by atoms with Crippen molar-refractivity contribution in [2.75, 3.05) is 0 Å². The third kappa shape index (κ3) is 1.81. The van der Waals surface area contributed by atoms with Crippen LogP contribution in [0.3, 0.4) is 0 Å². The lowest BCUT2D eigenvalue weighted by molar-refractivity contribution is 0.935. The molecule has 1 fully saturated rings. The monoisotopic (exact) mass is 254 g/mol. The van der Waals surface area contributed by atoms with Gasteiger partial charge in [0.05, 0.1) is 0 Å². The number of allylic oxidation sites excluding steroid dienone is 4. The van der Waals surface area contributed by atoms with Crippen LogP contribution in [0.25, 0.3) is 0 Å². The van der Waals surface area contributed by atoms with Crippen molar-refractivity contribution in [1.82, 2.24) is 0 Å². The Kier molecular flexibility index (Phi) is 3.02. The zero-order valence-corrected chi connectivity index (χ0v) is 12.4. The maximum absolute atomic E-state index is 2.56. The number of benzene rings is 1. The summed E-state index contributed by atoms with van der Waals surface area (Å²) < 4.78 is 0. The summed E-state index contributed by atoms with van der Waals surface area (Å²) in [5.74, 6) is 0.647. The maximum Gasteiger partial charge on any atom is 0.118 e. The zero-order valence-electron chi connectivity index (χ0n) is 11.4. The molecule has 2 aliphatic rings. The summed E-state index contributed by atoms with van der Waals surface area (Å²) in [7, 11) is -1.39. The second-order valence-corrected chi connectivity index (χ2v) is 10.2. The van der Waals surface area contributed by atoms with Gasteiger partial charge in [0, 0.05) is 0 Å². The van der Waals surface area contributed by atoms with E-state index in [-0.39, 0.29) is 0 Å². The smallest absolute Gasteiger partial charge is 0.0779 e. The van der Waals surface area contributed by atoms with Crippen molar-refractivity contribution in [1.29, 1.82) is 0 Å². The Hall–Kier alpha value is -1.08. The molecule has 0 nitrogen and oxygen atoms in total. The predicted octanol–water partition coefficient (Wildman–Crippen LogP) is 4.20. The number of rotatable bonds is 2. The van der Waals surface area contributed by atoms with Crippen LogP contribution in [0.4, 0.5) is 0 Å². The molecule has 0 saturated carbocycles. The average Bonchev–Trinajstić information content (AvgIpc) is 2.98. The average molecular weight is 254 g/mol. The Morgan fingerprint density at radius 1 is 1.00 bits per heavy atom. The molecule has 1 aromatic carbocycles. The van der Waals surface area contributed by atoms with Crippen LogP contribution in [0.15, 0.2) is 53.3 Å². The SMILES string of the molecule is CC1=CC(C)C=C1[Si]1(c2ccccc2)CCCC1. The van der Waals surface area contributed by atoms with Crippen molar-refractivity contribution in [3.63, 3.8) is 0 Å². The van der Waals surface area contributed by atoms with E-state index in [4.69, 9.17) is 0 Å². The van der Waals surface area contributed by atoms with Crippen LogP contribution >= 0.6 is 0 Å². The predicted molar refractivity (Wildman–Crippen MR) is 81.7 cm³/mol. The van der Waals surface area contributed by atoms with Crippen LogP contribution in [0.1, 0.15) is 26.7 Å². The molecule has 1 saturated heterocycles. The van der Waals surface area contributed by atoms with Gasteiger partial charge in [-0.2, -0.15) is 0 Å². The van der Waals surface area contributed by atoms with Gasteiger partial charge in [-0.15, -0.1) is 0 Å². The third-order valence-corrected chi connectivity index (χ3v) is 10.1. The van der Waals surface area contributed by atoms with Gasteiger partial charge in [0.1, 0.15) is 8.07 Å². The Bertz CT molecular complexity index is 490. The molecular formula is C17H22Si.